The molecule has 0 saturated heterocycles. The minimum absolute atomic E-state index is 0.118. The molecule has 1 fully saturated rings. The maximum absolute atomic E-state index is 12.0. The van der Waals surface area contributed by atoms with Gasteiger partial charge in [0, 0.05) is 24.8 Å². The van der Waals surface area contributed by atoms with E-state index in [0.717, 1.165) is 31.5 Å². The molecule has 0 bridgehead atoms. The van der Waals surface area contributed by atoms with Gasteiger partial charge in [-0.25, -0.2) is 4.79 Å². The van der Waals surface area contributed by atoms with Crippen molar-refractivity contribution in [1.29, 1.82) is 0 Å². The molecule has 0 radical (unpaired) electrons. The van der Waals surface area contributed by atoms with Crippen molar-refractivity contribution in [3.05, 3.63) is 30.1 Å². The van der Waals surface area contributed by atoms with Crippen LogP contribution < -0.4 is 10.6 Å². The molecule has 5 nitrogen and oxygen atoms in total. The Hall–Kier alpha value is -1.62. The van der Waals surface area contributed by atoms with Crippen LogP contribution in [0.15, 0.2) is 24.4 Å². The van der Waals surface area contributed by atoms with Crippen molar-refractivity contribution in [3.63, 3.8) is 0 Å². The summed E-state index contributed by atoms with van der Waals surface area (Å²) in [6, 6.07) is 6.29. The van der Waals surface area contributed by atoms with Crippen molar-refractivity contribution >= 4 is 6.09 Å². The van der Waals surface area contributed by atoms with Gasteiger partial charge in [-0.3, -0.25) is 4.98 Å². The smallest absolute Gasteiger partial charge is 0.407 e. The molecule has 2 N–H and O–H groups in total. The molecule has 1 aliphatic carbocycles. The number of carbonyl (C=O) groups is 1. The highest BCUT2D eigenvalue weighted by Crippen LogP contribution is 2.19. The second-order valence-electron chi connectivity index (χ2n) is 6.85. The molecule has 5 heteroatoms. The van der Waals surface area contributed by atoms with E-state index in [4.69, 9.17) is 4.74 Å². The van der Waals surface area contributed by atoms with Crippen molar-refractivity contribution in [2.45, 2.75) is 70.7 Å². The van der Waals surface area contributed by atoms with E-state index in [0.29, 0.717) is 0 Å². The minimum atomic E-state index is -0.463. The second kappa shape index (κ2) is 7.58. The second-order valence-corrected chi connectivity index (χ2v) is 6.85. The molecule has 0 aliphatic heterocycles. The zero-order valence-corrected chi connectivity index (χ0v) is 13.8. The number of aromatic nitrogens is 1. The summed E-state index contributed by atoms with van der Waals surface area (Å²) in [6.45, 7) is 6.36. The number of hydrogen-bond donors (Lipinski definition) is 2. The lowest BCUT2D eigenvalue weighted by Gasteiger charge is -2.33. The first-order valence-electron chi connectivity index (χ1n) is 8.07. The normalized spacial score (nSPS) is 22.1. The summed E-state index contributed by atoms with van der Waals surface area (Å²) in [5.41, 5.74) is 0.555. The summed E-state index contributed by atoms with van der Waals surface area (Å²) in [5.74, 6) is 0. The van der Waals surface area contributed by atoms with Crippen molar-refractivity contribution in [2.24, 2.45) is 0 Å². The Labute approximate surface area is 132 Å². The van der Waals surface area contributed by atoms with Gasteiger partial charge >= 0.3 is 6.09 Å². The molecule has 1 saturated carbocycles. The molecule has 0 aromatic carbocycles. The van der Waals surface area contributed by atoms with Gasteiger partial charge in [0.1, 0.15) is 5.60 Å². The highest BCUT2D eigenvalue weighted by atomic mass is 16.6. The fourth-order valence-corrected chi connectivity index (χ4v) is 2.75. The molecule has 1 amide bonds. The van der Waals surface area contributed by atoms with Gasteiger partial charge in [-0.1, -0.05) is 18.9 Å². The van der Waals surface area contributed by atoms with Crippen LogP contribution in [-0.4, -0.2) is 28.8 Å². The van der Waals surface area contributed by atoms with Crippen LogP contribution in [0.25, 0.3) is 0 Å². The van der Waals surface area contributed by atoms with E-state index in [2.05, 4.69) is 15.6 Å². The van der Waals surface area contributed by atoms with E-state index >= 15 is 0 Å². The number of nitrogens with one attached hydrogen (secondary N) is 2. The molecule has 2 rings (SSSR count). The third-order valence-corrected chi connectivity index (χ3v) is 3.74. The van der Waals surface area contributed by atoms with Gasteiger partial charge in [0.25, 0.3) is 0 Å². The highest BCUT2D eigenvalue weighted by Gasteiger charge is 2.28. The van der Waals surface area contributed by atoms with Crippen LogP contribution in [-0.2, 0) is 11.3 Å². The average Bonchev–Trinajstić information content (AvgIpc) is 2.45. The zero-order chi connectivity index (χ0) is 16.0. The Bertz CT molecular complexity index is 471. The SMILES string of the molecule is CC(C)(C)OC(=O)N[C@H]1CCCC[C@@H]1NCc1ccccn1. The van der Waals surface area contributed by atoms with E-state index in [1.807, 2.05) is 39.0 Å². The van der Waals surface area contributed by atoms with E-state index in [1.165, 1.54) is 6.42 Å². The molecular weight excluding hydrogens is 278 g/mol. The van der Waals surface area contributed by atoms with Crippen LogP contribution >= 0.6 is 0 Å². The summed E-state index contributed by atoms with van der Waals surface area (Å²) in [6.07, 6.45) is 5.85. The Balaban J connectivity index is 1.86. The topological polar surface area (TPSA) is 63.2 Å². The van der Waals surface area contributed by atoms with Gasteiger partial charge < -0.3 is 15.4 Å². The van der Waals surface area contributed by atoms with Crippen molar-refractivity contribution in [3.8, 4) is 0 Å². The number of hydrogen-bond acceptors (Lipinski definition) is 4. The predicted octanol–water partition coefficient (Wildman–Crippen LogP) is 3.01. The van der Waals surface area contributed by atoms with Gasteiger partial charge in [-0.2, -0.15) is 0 Å². The molecule has 122 valence electrons. The summed E-state index contributed by atoms with van der Waals surface area (Å²) in [5, 5.41) is 6.54. The standard InChI is InChI=1S/C17H27N3O2/c1-17(2,3)22-16(21)20-15-10-5-4-9-14(15)19-12-13-8-6-7-11-18-13/h6-8,11,14-15,19H,4-5,9-10,12H2,1-3H3,(H,20,21)/t14-,15-/m0/s1. The Morgan fingerprint density at radius 2 is 2.00 bits per heavy atom. The fraction of sp³-hybridized carbons (Fsp3) is 0.647. The molecular formula is C17H27N3O2. The average molecular weight is 305 g/mol. The summed E-state index contributed by atoms with van der Waals surface area (Å²) in [4.78, 5) is 16.3. The monoisotopic (exact) mass is 305 g/mol. The zero-order valence-electron chi connectivity index (χ0n) is 13.8. The third-order valence-electron chi connectivity index (χ3n) is 3.74. The Morgan fingerprint density at radius 1 is 1.27 bits per heavy atom. The van der Waals surface area contributed by atoms with Gasteiger partial charge in [-0.15, -0.1) is 0 Å². The Kier molecular flexibility index (Phi) is 5.77. The van der Waals surface area contributed by atoms with Crippen LogP contribution in [0.5, 0.6) is 0 Å². The maximum Gasteiger partial charge on any atom is 0.407 e. The van der Waals surface area contributed by atoms with Crippen molar-refractivity contribution < 1.29 is 9.53 Å². The van der Waals surface area contributed by atoms with Gasteiger partial charge in [0.15, 0.2) is 0 Å². The first-order valence-corrected chi connectivity index (χ1v) is 8.07. The Morgan fingerprint density at radius 3 is 2.64 bits per heavy atom. The van der Waals surface area contributed by atoms with Crippen LogP contribution in [0.4, 0.5) is 4.79 Å². The molecule has 0 spiro atoms. The molecule has 1 aliphatic rings. The molecule has 1 heterocycles. The van der Waals surface area contributed by atoms with E-state index < -0.39 is 5.60 Å². The fourth-order valence-electron chi connectivity index (χ4n) is 2.75. The lowest BCUT2D eigenvalue weighted by molar-refractivity contribution is 0.0479. The highest BCUT2D eigenvalue weighted by molar-refractivity contribution is 5.68. The van der Waals surface area contributed by atoms with Gasteiger partial charge in [-0.05, 0) is 45.7 Å². The molecule has 1 aromatic heterocycles. The molecule has 1 aromatic rings. The summed E-state index contributed by atoms with van der Waals surface area (Å²) in [7, 11) is 0. The number of nitrogens with zero attached hydrogens (tertiary/aromatic N) is 1. The summed E-state index contributed by atoms with van der Waals surface area (Å²) >= 11 is 0. The van der Waals surface area contributed by atoms with E-state index in [1.54, 1.807) is 6.20 Å². The lowest BCUT2D eigenvalue weighted by Crippen LogP contribution is -2.52. The molecule has 0 unspecified atom stereocenters. The van der Waals surface area contributed by atoms with E-state index in [9.17, 15) is 4.79 Å². The maximum atomic E-state index is 12.0. The number of rotatable bonds is 4. The summed E-state index contributed by atoms with van der Waals surface area (Å²) < 4.78 is 5.36. The first-order chi connectivity index (χ1) is 10.4. The number of carbonyl (C=O) groups excluding carboxylic acids is 1. The van der Waals surface area contributed by atoms with Crippen LogP contribution in [0.3, 0.4) is 0 Å². The predicted molar refractivity (Wildman–Crippen MR) is 86.5 cm³/mol. The van der Waals surface area contributed by atoms with Crippen LogP contribution in [0.1, 0.15) is 52.1 Å². The third kappa shape index (κ3) is 5.64. The van der Waals surface area contributed by atoms with Crippen molar-refractivity contribution in [1.82, 2.24) is 15.6 Å². The molecule has 22 heavy (non-hydrogen) atoms. The lowest BCUT2D eigenvalue weighted by atomic mass is 9.90. The number of amides is 1. The largest absolute Gasteiger partial charge is 0.444 e. The number of alkyl carbamates (subject to hydrolysis) is 1. The van der Waals surface area contributed by atoms with Crippen LogP contribution in [0.2, 0.25) is 0 Å². The number of pyridine rings is 1. The van der Waals surface area contributed by atoms with Crippen molar-refractivity contribution in [2.75, 3.05) is 0 Å². The quantitative estimate of drug-likeness (QED) is 0.897. The molecule has 2 atom stereocenters. The van der Waals surface area contributed by atoms with E-state index in [-0.39, 0.29) is 18.2 Å². The van der Waals surface area contributed by atoms with Gasteiger partial charge in [0.2, 0.25) is 0 Å². The first kappa shape index (κ1) is 16.7. The van der Waals surface area contributed by atoms with Crippen LogP contribution in [0, 0.1) is 0 Å². The minimum Gasteiger partial charge on any atom is -0.444 e. The number of ether oxygens (including phenoxy) is 1. The van der Waals surface area contributed by atoms with Gasteiger partial charge in [0.05, 0.1) is 5.69 Å².